The highest BCUT2D eigenvalue weighted by Gasteiger charge is 2.35. The first-order valence-electron chi connectivity index (χ1n) is 7.64. The topological polar surface area (TPSA) is 0 Å². The van der Waals surface area contributed by atoms with Crippen molar-refractivity contribution in [3.63, 3.8) is 0 Å². The van der Waals surface area contributed by atoms with E-state index in [0.717, 1.165) is 6.42 Å². The summed E-state index contributed by atoms with van der Waals surface area (Å²) in [4.78, 5) is 0. The molecule has 0 atom stereocenters. The predicted molar refractivity (Wildman–Crippen MR) is 95.1 cm³/mol. The Kier molecular flexibility index (Phi) is 6.97. The van der Waals surface area contributed by atoms with Gasteiger partial charge in [0.25, 0.3) is 0 Å². The lowest BCUT2D eigenvalue weighted by Gasteiger charge is -2.15. The summed E-state index contributed by atoms with van der Waals surface area (Å²) in [7, 11) is -1.90. The molecular weight excluding hydrogens is 337 g/mol. The van der Waals surface area contributed by atoms with Crippen molar-refractivity contribution in [2.24, 2.45) is 0 Å². The molecule has 0 fully saturated rings. The molecule has 0 aliphatic rings. The normalized spacial score (nSPS) is 13.2. The van der Waals surface area contributed by atoms with Gasteiger partial charge in [0.2, 0.25) is 0 Å². The van der Waals surface area contributed by atoms with Gasteiger partial charge in [-0.3, -0.25) is 0 Å². The van der Waals surface area contributed by atoms with Gasteiger partial charge in [0.15, 0.2) is 0 Å². The highest BCUT2D eigenvalue weighted by molar-refractivity contribution is 6.83. The van der Waals surface area contributed by atoms with E-state index < -0.39 is 19.8 Å². The Morgan fingerprint density at radius 1 is 1.13 bits per heavy atom. The predicted octanol–water partition coefficient (Wildman–Crippen LogP) is 6.73. The monoisotopic (exact) mass is 358 g/mol. The van der Waals surface area contributed by atoms with Crippen LogP contribution in [0.5, 0.6) is 0 Å². The summed E-state index contributed by atoms with van der Waals surface area (Å²) < 4.78 is 40.7. The fraction of sp³-hybridized carbons (Fsp3) is 0.444. The number of rotatable bonds is 4. The first-order valence-corrected chi connectivity index (χ1v) is 11.5. The zero-order chi connectivity index (χ0) is 17.7. The van der Waals surface area contributed by atoms with E-state index >= 15 is 0 Å². The third-order valence-electron chi connectivity index (χ3n) is 3.12. The average Bonchev–Trinajstić information content (AvgIpc) is 2.41. The highest BCUT2D eigenvalue weighted by Crippen LogP contribution is 2.35. The van der Waals surface area contributed by atoms with Crippen LogP contribution in [0.2, 0.25) is 24.7 Å². The maximum Gasteiger partial charge on any atom is 0.424 e. The Hall–Kier alpha value is -1.18. The van der Waals surface area contributed by atoms with Gasteiger partial charge in [-0.2, -0.15) is 13.2 Å². The summed E-state index contributed by atoms with van der Waals surface area (Å²) in [5.74, 6) is 2.46. The summed E-state index contributed by atoms with van der Waals surface area (Å²) >= 11 is 5.85. The second kappa shape index (κ2) is 8.08. The van der Waals surface area contributed by atoms with Crippen molar-refractivity contribution < 1.29 is 13.2 Å². The van der Waals surface area contributed by atoms with Crippen LogP contribution in [0.4, 0.5) is 13.2 Å². The van der Waals surface area contributed by atoms with Gasteiger partial charge in [-0.25, -0.2) is 0 Å². The lowest BCUT2D eigenvalue weighted by atomic mass is 9.95. The summed E-state index contributed by atoms with van der Waals surface area (Å²) in [5, 5.41) is 0.505. The third kappa shape index (κ3) is 6.84. The van der Waals surface area contributed by atoms with Gasteiger partial charge in [-0.15, -0.1) is 5.54 Å². The van der Waals surface area contributed by atoms with Gasteiger partial charge in [0.1, 0.15) is 13.6 Å². The number of benzene rings is 1. The molecule has 0 saturated carbocycles. The van der Waals surface area contributed by atoms with E-state index in [1.807, 2.05) is 26.6 Å². The molecule has 0 nitrogen and oxygen atoms in total. The van der Waals surface area contributed by atoms with E-state index in [2.05, 4.69) is 11.5 Å². The first-order chi connectivity index (χ1) is 10.5. The molecule has 0 aliphatic heterocycles. The second-order valence-electron chi connectivity index (χ2n) is 6.46. The van der Waals surface area contributed by atoms with Crippen LogP contribution in [0, 0.1) is 11.5 Å². The van der Waals surface area contributed by atoms with E-state index in [4.69, 9.17) is 11.6 Å². The van der Waals surface area contributed by atoms with Crippen LogP contribution in [0.1, 0.15) is 31.7 Å². The summed E-state index contributed by atoms with van der Waals surface area (Å²) in [6.07, 6.45) is -2.58. The molecule has 0 unspecified atom stereocenters. The minimum atomic E-state index is -4.45. The minimum Gasteiger partial charge on any atom is -0.165 e. The van der Waals surface area contributed by atoms with Gasteiger partial charge in [0.05, 0.1) is 0 Å². The number of allylic oxidation sites excluding steroid dienone is 2. The van der Waals surface area contributed by atoms with E-state index in [0.29, 0.717) is 23.4 Å². The molecule has 0 aromatic heterocycles. The van der Waals surface area contributed by atoms with Crippen LogP contribution >= 0.6 is 11.6 Å². The third-order valence-corrected chi connectivity index (χ3v) is 4.25. The molecule has 0 amide bonds. The Bertz CT molecular complexity index is 611. The Morgan fingerprint density at radius 3 is 2.13 bits per heavy atom. The maximum atomic E-state index is 13.6. The van der Waals surface area contributed by atoms with Crippen LogP contribution in [0.15, 0.2) is 29.8 Å². The average molecular weight is 359 g/mol. The van der Waals surface area contributed by atoms with Crippen LogP contribution in [0.3, 0.4) is 0 Å². The molecule has 5 heteroatoms. The SMILES string of the molecule is CCCC/C(=C(\C#C[Si](C)(C)C)C(F)(F)F)c1ccc(Cl)cc1. The number of halogens is 4. The molecule has 0 bridgehead atoms. The Labute approximate surface area is 142 Å². The van der Waals surface area contributed by atoms with Crippen LogP contribution in [-0.4, -0.2) is 14.3 Å². The largest absolute Gasteiger partial charge is 0.424 e. The smallest absolute Gasteiger partial charge is 0.165 e. The van der Waals surface area contributed by atoms with Gasteiger partial charge >= 0.3 is 6.18 Å². The van der Waals surface area contributed by atoms with Gasteiger partial charge < -0.3 is 0 Å². The molecule has 0 aliphatic carbocycles. The number of unbranched alkanes of at least 4 members (excludes halogenated alkanes) is 1. The zero-order valence-corrected chi connectivity index (χ0v) is 15.7. The van der Waals surface area contributed by atoms with Crippen LogP contribution < -0.4 is 0 Å². The summed E-state index contributed by atoms with van der Waals surface area (Å²) in [5.41, 5.74) is 2.95. The van der Waals surface area contributed by atoms with E-state index in [1.165, 1.54) is 0 Å². The first kappa shape index (κ1) is 19.9. The van der Waals surface area contributed by atoms with Crippen molar-refractivity contribution in [1.82, 2.24) is 0 Å². The Morgan fingerprint density at radius 2 is 1.70 bits per heavy atom. The molecule has 0 radical (unpaired) electrons. The van der Waals surface area contributed by atoms with E-state index in [-0.39, 0.29) is 5.57 Å². The fourth-order valence-electron chi connectivity index (χ4n) is 1.99. The van der Waals surface area contributed by atoms with Gasteiger partial charge in [-0.05, 0) is 36.1 Å². The molecule has 0 N–H and O–H groups in total. The Balaban J connectivity index is 3.51. The molecule has 1 aromatic rings. The lowest BCUT2D eigenvalue weighted by Crippen LogP contribution is -2.19. The maximum absolute atomic E-state index is 13.6. The molecule has 0 spiro atoms. The van der Waals surface area contributed by atoms with Crippen molar-refractivity contribution in [2.45, 2.75) is 52.0 Å². The molecule has 1 rings (SSSR count). The van der Waals surface area contributed by atoms with Crippen molar-refractivity contribution in [2.75, 3.05) is 0 Å². The van der Waals surface area contributed by atoms with Crippen molar-refractivity contribution in [3.8, 4) is 11.5 Å². The van der Waals surface area contributed by atoms with Crippen molar-refractivity contribution in [1.29, 1.82) is 0 Å². The summed E-state index contributed by atoms with van der Waals surface area (Å²) in [6, 6.07) is 6.50. The van der Waals surface area contributed by atoms with Crippen molar-refractivity contribution in [3.05, 3.63) is 40.4 Å². The number of alkyl halides is 3. The van der Waals surface area contributed by atoms with Crippen molar-refractivity contribution >= 4 is 25.2 Å². The highest BCUT2D eigenvalue weighted by atomic mass is 35.5. The van der Waals surface area contributed by atoms with Gasteiger partial charge in [-0.1, -0.05) is 62.6 Å². The minimum absolute atomic E-state index is 0.266. The number of hydrogen-bond donors (Lipinski definition) is 0. The molecule has 1 aromatic carbocycles. The standard InChI is InChI=1S/C18H22ClF3Si/c1-5-6-7-16(14-8-10-15(19)11-9-14)17(18(20,21)22)12-13-23(2,3)4/h8-11H,5-7H2,1-4H3/b17-16-. The van der Waals surface area contributed by atoms with E-state index in [9.17, 15) is 13.2 Å². The number of hydrogen-bond acceptors (Lipinski definition) is 0. The van der Waals surface area contributed by atoms with E-state index in [1.54, 1.807) is 24.3 Å². The van der Waals surface area contributed by atoms with Crippen LogP contribution in [0.25, 0.3) is 5.57 Å². The molecule has 0 saturated heterocycles. The van der Waals surface area contributed by atoms with Gasteiger partial charge in [0, 0.05) is 5.02 Å². The quantitative estimate of drug-likeness (QED) is 0.413. The molecular formula is C18H22ClF3Si. The van der Waals surface area contributed by atoms with Crippen LogP contribution in [-0.2, 0) is 0 Å². The fourth-order valence-corrected chi connectivity index (χ4v) is 2.61. The molecule has 126 valence electrons. The lowest BCUT2D eigenvalue weighted by molar-refractivity contribution is -0.0867. The molecule has 0 heterocycles. The second-order valence-corrected chi connectivity index (χ2v) is 11.6. The molecule has 23 heavy (non-hydrogen) atoms. The summed E-state index contributed by atoms with van der Waals surface area (Å²) in [6.45, 7) is 7.76. The zero-order valence-electron chi connectivity index (χ0n) is 13.9.